The van der Waals surface area contributed by atoms with E-state index in [0.717, 1.165) is 19.5 Å². The average molecular weight is 264 g/mol. The van der Waals surface area contributed by atoms with E-state index in [1.165, 1.54) is 31.0 Å². The molecule has 2 rings (SSSR count). The maximum Gasteiger partial charge on any atom is 0.258 e. The predicted octanol–water partition coefficient (Wildman–Crippen LogP) is 1.22. The van der Waals surface area contributed by atoms with E-state index in [4.69, 9.17) is 0 Å². The third kappa shape index (κ3) is 3.61. The van der Waals surface area contributed by atoms with Crippen molar-refractivity contribution in [2.24, 2.45) is 5.92 Å². The van der Waals surface area contributed by atoms with Crippen LogP contribution in [-0.2, 0) is 0 Å². The van der Waals surface area contributed by atoms with Crippen LogP contribution in [0.4, 0.5) is 0 Å². The van der Waals surface area contributed by atoms with Crippen molar-refractivity contribution in [2.45, 2.75) is 19.3 Å². The van der Waals surface area contributed by atoms with Gasteiger partial charge in [0.1, 0.15) is 17.1 Å². The van der Waals surface area contributed by atoms with Crippen molar-refractivity contribution in [1.29, 1.82) is 0 Å². The second-order valence-corrected chi connectivity index (χ2v) is 4.93. The van der Waals surface area contributed by atoms with Crippen LogP contribution in [0.2, 0.25) is 0 Å². The van der Waals surface area contributed by atoms with Crippen molar-refractivity contribution in [3.8, 4) is 11.5 Å². The highest BCUT2D eigenvalue weighted by atomic mass is 16.3. The van der Waals surface area contributed by atoms with Crippen molar-refractivity contribution in [2.75, 3.05) is 19.6 Å². The van der Waals surface area contributed by atoms with E-state index in [1.54, 1.807) is 0 Å². The lowest BCUT2D eigenvalue weighted by Crippen LogP contribution is -2.33. The van der Waals surface area contributed by atoms with Crippen LogP contribution in [0.25, 0.3) is 0 Å². The van der Waals surface area contributed by atoms with Gasteiger partial charge in [0, 0.05) is 6.54 Å². The number of phenolic OH excluding ortho intramolecular Hbond substituents is 2. The molecule has 0 aliphatic carbocycles. The normalized spacial score (nSPS) is 19.1. The van der Waals surface area contributed by atoms with E-state index in [2.05, 4.69) is 10.6 Å². The quantitative estimate of drug-likeness (QED) is 0.659. The third-order valence-corrected chi connectivity index (χ3v) is 3.48. The highest BCUT2D eigenvalue weighted by Crippen LogP contribution is 2.25. The molecule has 1 amide bonds. The minimum absolute atomic E-state index is 0.0516. The molecule has 1 unspecified atom stereocenters. The molecule has 1 aliphatic rings. The van der Waals surface area contributed by atoms with Crippen LogP contribution < -0.4 is 10.6 Å². The van der Waals surface area contributed by atoms with Gasteiger partial charge in [-0.05, 0) is 50.4 Å². The summed E-state index contributed by atoms with van der Waals surface area (Å²) in [6.45, 7) is 2.63. The largest absolute Gasteiger partial charge is 0.507 e. The molecule has 0 spiro atoms. The summed E-state index contributed by atoms with van der Waals surface area (Å²) in [5, 5.41) is 25.2. The number of rotatable bonds is 4. The van der Waals surface area contributed by atoms with E-state index >= 15 is 0 Å². The lowest BCUT2D eigenvalue weighted by Gasteiger charge is -2.22. The Morgan fingerprint density at radius 2 is 2.11 bits per heavy atom. The van der Waals surface area contributed by atoms with Crippen molar-refractivity contribution >= 4 is 5.91 Å². The Morgan fingerprint density at radius 1 is 1.37 bits per heavy atom. The Morgan fingerprint density at radius 3 is 2.74 bits per heavy atom. The number of hydrogen-bond acceptors (Lipinski definition) is 4. The molecule has 19 heavy (non-hydrogen) atoms. The fourth-order valence-electron chi connectivity index (χ4n) is 2.41. The molecule has 0 aromatic heterocycles. The van der Waals surface area contributed by atoms with Crippen LogP contribution in [0.5, 0.6) is 11.5 Å². The van der Waals surface area contributed by atoms with Crippen molar-refractivity contribution in [1.82, 2.24) is 10.6 Å². The number of carbonyl (C=O) groups is 1. The van der Waals surface area contributed by atoms with Gasteiger partial charge in [-0.3, -0.25) is 4.79 Å². The average Bonchev–Trinajstić information content (AvgIpc) is 2.40. The number of carbonyl (C=O) groups excluding carboxylic acids is 1. The second kappa shape index (κ2) is 6.43. The first-order chi connectivity index (χ1) is 9.18. The molecule has 1 atom stereocenters. The fourth-order valence-corrected chi connectivity index (χ4v) is 2.41. The number of amides is 1. The molecule has 1 aromatic rings. The van der Waals surface area contributed by atoms with E-state index in [9.17, 15) is 15.0 Å². The van der Waals surface area contributed by atoms with Gasteiger partial charge in [-0.25, -0.2) is 0 Å². The molecule has 1 aromatic carbocycles. The Labute approximate surface area is 112 Å². The molecule has 1 heterocycles. The smallest absolute Gasteiger partial charge is 0.258 e. The van der Waals surface area contributed by atoms with Crippen LogP contribution >= 0.6 is 0 Å². The molecule has 4 N–H and O–H groups in total. The van der Waals surface area contributed by atoms with E-state index in [1.807, 2.05) is 0 Å². The van der Waals surface area contributed by atoms with Crippen LogP contribution in [-0.4, -0.2) is 35.8 Å². The number of benzene rings is 1. The summed E-state index contributed by atoms with van der Waals surface area (Å²) < 4.78 is 0. The number of aromatic hydroxyl groups is 2. The van der Waals surface area contributed by atoms with Gasteiger partial charge in [0.25, 0.3) is 5.91 Å². The van der Waals surface area contributed by atoms with Crippen LogP contribution in [0.15, 0.2) is 18.2 Å². The molecule has 0 radical (unpaired) electrons. The molecule has 0 saturated carbocycles. The summed E-state index contributed by atoms with van der Waals surface area (Å²) >= 11 is 0. The van der Waals surface area contributed by atoms with Crippen LogP contribution in [0.3, 0.4) is 0 Å². The predicted molar refractivity (Wildman–Crippen MR) is 72.3 cm³/mol. The SMILES string of the molecule is O=C(NCCC1CCCNC1)c1c(O)cccc1O. The second-order valence-electron chi connectivity index (χ2n) is 4.93. The maximum absolute atomic E-state index is 11.9. The highest BCUT2D eigenvalue weighted by molar-refractivity contribution is 5.99. The van der Waals surface area contributed by atoms with Crippen molar-refractivity contribution < 1.29 is 15.0 Å². The Balaban J connectivity index is 1.84. The Bertz CT molecular complexity index is 422. The van der Waals surface area contributed by atoms with Gasteiger partial charge in [-0.15, -0.1) is 0 Å². The zero-order valence-electron chi connectivity index (χ0n) is 10.9. The summed E-state index contributed by atoms with van der Waals surface area (Å²) in [5.41, 5.74) is -0.0516. The number of piperidine rings is 1. The molecule has 0 bridgehead atoms. The monoisotopic (exact) mass is 264 g/mol. The standard InChI is InChI=1S/C14H20N2O3/c17-11-4-1-5-12(18)13(11)14(19)16-8-6-10-3-2-7-15-9-10/h1,4-5,10,15,17-18H,2-3,6-9H2,(H,16,19). The van der Waals surface area contributed by atoms with Gasteiger partial charge >= 0.3 is 0 Å². The molecular weight excluding hydrogens is 244 g/mol. The lowest BCUT2D eigenvalue weighted by atomic mass is 9.96. The first-order valence-corrected chi connectivity index (χ1v) is 6.68. The molecule has 1 aliphatic heterocycles. The van der Waals surface area contributed by atoms with Crippen molar-refractivity contribution in [3.63, 3.8) is 0 Å². The minimum atomic E-state index is -0.431. The van der Waals surface area contributed by atoms with Gasteiger partial charge < -0.3 is 20.8 Å². The lowest BCUT2D eigenvalue weighted by molar-refractivity contribution is 0.0945. The van der Waals surface area contributed by atoms with Gasteiger partial charge in [0.05, 0.1) is 0 Å². The molecule has 5 nitrogen and oxygen atoms in total. The molecule has 104 valence electrons. The van der Waals surface area contributed by atoms with E-state index in [-0.39, 0.29) is 17.1 Å². The molecular formula is C14H20N2O3. The van der Waals surface area contributed by atoms with Gasteiger partial charge in [-0.2, -0.15) is 0 Å². The molecule has 5 heteroatoms. The van der Waals surface area contributed by atoms with Gasteiger partial charge in [0.15, 0.2) is 0 Å². The summed E-state index contributed by atoms with van der Waals surface area (Å²) in [5.74, 6) is -0.236. The first kappa shape index (κ1) is 13.7. The molecule has 1 saturated heterocycles. The number of nitrogens with one attached hydrogen (secondary N) is 2. The Kier molecular flexibility index (Phi) is 4.63. The van der Waals surface area contributed by atoms with E-state index < -0.39 is 5.91 Å². The highest BCUT2D eigenvalue weighted by Gasteiger charge is 2.17. The minimum Gasteiger partial charge on any atom is -0.507 e. The summed E-state index contributed by atoms with van der Waals surface area (Å²) in [6.07, 6.45) is 3.27. The summed E-state index contributed by atoms with van der Waals surface area (Å²) in [7, 11) is 0. The summed E-state index contributed by atoms with van der Waals surface area (Å²) in [6, 6.07) is 4.27. The first-order valence-electron chi connectivity index (χ1n) is 6.68. The number of phenols is 2. The zero-order valence-corrected chi connectivity index (χ0v) is 10.9. The Hall–Kier alpha value is -1.75. The maximum atomic E-state index is 11.9. The van der Waals surface area contributed by atoms with Crippen molar-refractivity contribution in [3.05, 3.63) is 23.8 Å². The third-order valence-electron chi connectivity index (χ3n) is 3.48. The van der Waals surface area contributed by atoms with Crippen LogP contribution in [0, 0.1) is 5.92 Å². The van der Waals surface area contributed by atoms with Gasteiger partial charge in [0.2, 0.25) is 0 Å². The van der Waals surface area contributed by atoms with Gasteiger partial charge in [-0.1, -0.05) is 6.07 Å². The number of hydrogen-bond donors (Lipinski definition) is 4. The van der Waals surface area contributed by atoms with Crippen LogP contribution in [0.1, 0.15) is 29.6 Å². The van der Waals surface area contributed by atoms with E-state index in [0.29, 0.717) is 12.5 Å². The zero-order chi connectivity index (χ0) is 13.7. The molecule has 1 fully saturated rings. The summed E-state index contributed by atoms with van der Waals surface area (Å²) in [4.78, 5) is 11.9. The topological polar surface area (TPSA) is 81.6 Å². The fraction of sp³-hybridized carbons (Fsp3) is 0.500.